The van der Waals surface area contributed by atoms with Gasteiger partial charge in [-0.25, -0.2) is 4.57 Å². The van der Waals surface area contributed by atoms with Crippen LogP contribution < -0.4 is 138 Å². The van der Waals surface area contributed by atoms with Gasteiger partial charge in [0.2, 0.25) is 0 Å². The fraction of sp³-hybridized carbons (Fsp3) is 0.788. The van der Waals surface area contributed by atoms with Crippen molar-refractivity contribution in [1.29, 1.82) is 0 Å². The van der Waals surface area contributed by atoms with Crippen molar-refractivity contribution in [3.05, 3.63) is 35.9 Å². The summed E-state index contributed by atoms with van der Waals surface area (Å²) in [4.78, 5) is 57.3. The van der Waals surface area contributed by atoms with Gasteiger partial charge in [0.05, 0.1) is 21.0 Å². The van der Waals surface area contributed by atoms with Crippen LogP contribution in [0.15, 0.2) is 35.3 Å². The van der Waals surface area contributed by atoms with E-state index < -0.39 is 78.9 Å². The molecule has 0 saturated heterocycles. The van der Waals surface area contributed by atoms with Crippen molar-refractivity contribution in [3.63, 3.8) is 0 Å². The first kappa shape index (κ1) is 66.9. The summed E-state index contributed by atoms with van der Waals surface area (Å²) in [5, 5.41) is 43.2. The molecular weight excluding hydrogens is 899 g/mol. The maximum absolute atomic E-state index is 13.0. The molecule has 60 heavy (non-hydrogen) atoms. The van der Waals surface area contributed by atoms with Crippen molar-refractivity contribution in [1.82, 2.24) is 0 Å². The second kappa shape index (κ2) is 36.6. The van der Waals surface area contributed by atoms with E-state index in [-0.39, 0.29) is 138 Å². The van der Waals surface area contributed by atoms with Gasteiger partial charge in [-0.1, -0.05) is 95.0 Å². The van der Waals surface area contributed by atoms with E-state index in [4.69, 9.17) is 28.2 Å². The van der Waals surface area contributed by atoms with Crippen molar-refractivity contribution in [2.45, 2.75) is 133 Å². The second-order valence-electron chi connectivity index (χ2n) is 13.2. The Kier molecular flexibility index (Phi) is 40.8. The zero-order chi connectivity index (χ0) is 41.6. The molecule has 20 nitrogen and oxygen atoms in total. The number of benzene rings is 1. The molecule has 1 fully saturated rings. The minimum atomic E-state index is -6.00. The van der Waals surface area contributed by atoms with E-state index in [1.807, 2.05) is 30.3 Å². The average Bonchev–Trinajstić information content (AvgIpc) is 3.13. The molecule has 0 amide bonds. The zero-order valence-electron chi connectivity index (χ0n) is 35.4. The summed E-state index contributed by atoms with van der Waals surface area (Å²) in [6.07, 6.45) is -5.84. The quantitative estimate of drug-likeness (QED) is 0.0157. The normalized spacial score (nSPS) is 23.1. The molecule has 1 aliphatic rings. The fourth-order valence-electron chi connectivity index (χ4n) is 5.66. The summed E-state index contributed by atoms with van der Waals surface area (Å²) in [5.41, 5.74) is 0.883. The van der Waals surface area contributed by atoms with Crippen molar-refractivity contribution in [3.8, 4) is 0 Å². The van der Waals surface area contributed by atoms with E-state index in [1.54, 1.807) is 0 Å². The molecule has 0 aliphatic heterocycles. The Bertz CT molecular complexity index is 1370. The number of phosphoric acid groups is 3. The van der Waals surface area contributed by atoms with Gasteiger partial charge in [0.1, 0.15) is 48.8 Å². The van der Waals surface area contributed by atoms with Gasteiger partial charge in [-0.2, -0.15) is 0 Å². The number of rotatable bonds is 30. The first-order valence-corrected chi connectivity index (χ1v) is 23.1. The van der Waals surface area contributed by atoms with E-state index in [0.717, 1.165) is 69.8 Å². The molecule has 2 rings (SSSR count). The average molecular weight is 956 g/mol. The van der Waals surface area contributed by atoms with Gasteiger partial charge in [0.25, 0.3) is 7.82 Å². The third-order valence-electron chi connectivity index (χ3n) is 8.50. The smallest absolute Gasteiger partial charge is 0.790 e. The number of aliphatic hydroxyl groups excluding tert-OH is 3. The van der Waals surface area contributed by atoms with Crippen LogP contribution in [0.3, 0.4) is 0 Å². The van der Waals surface area contributed by atoms with Gasteiger partial charge in [-0.3, -0.25) is 18.6 Å². The number of ether oxygens (including phenoxy) is 3. The number of hydrogen-bond donors (Lipinski definition) is 5. The van der Waals surface area contributed by atoms with Gasteiger partial charge in [0, 0.05) is 26.4 Å². The van der Waals surface area contributed by atoms with E-state index >= 15 is 0 Å². The Morgan fingerprint density at radius 2 is 1.20 bits per heavy atom. The number of aliphatic hydroxyl groups is 3. The van der Waals surface area contributed by atoms with Crippen LogP contribution in [0.1, 0.15) is 89.5 Å². The summed E-state index contributed by atoms with van der Waals surface area (Å²) < 4.78 is 70.3. The molecule has 326 valence electrons. The van der Waals surface area contributed by atoms with Crippen LogP contribution in [0.2, 0.25) is 0 Å². The molecule has 1 aliphatic carbocycles. The maximum atomic E-state index is 13.0. The first-order chi connectivity index (χ1) is 26.4. The van der Waals surface area contributed by atoms with Gasteiger partial charge >= 0.3 is 126 Å². The van der Waals surface area contributed by atoms with E-state index in [9.17, 15) is 53.7 Å². The summed E-state index contributed by atoms with van der Waals surface area (Å²) in [6, 6.07) is 9.31. The Balaban J connectivity index is -0.00000812. The van der Waals surface area contributed by atoms with Crippen molar-refractivity contribution in [2.24, 2.45) is 4.99 Å². The van der Waals surface area contributed by atoms with Crippen LogP contribution in [-0.2, 0) is 52.6 Å². The summed E-state index contributed by atoms with van der Waals surface area (Å²) in [5.74, 6) is 0. The van der Waals surface area contributed by atoms with Crippen molar-refractivity contribution >= 4 is 29.6 Å². The van der Waals surface area contributed by atoms with E-state index in [0.29, 0.717) is 26.0 Å². The van der Waals surface area contributed by atoms with Crippen LogP contribution in [0, 0.1) is 0 Å². The topological polar surface area (TPSA) is 322 Å². The molecule has 0 heterocycles. The first-order valence-electron chi connectivity index (χ1n) is 18.6. The standard InChI is InChI=1S/C33H60NO19P3.4Na/c1-2-3-4-5-10-16-21-48-26(23-47-20-15-9-7-6-8-14-19-34-33(38)49-22-25-17-12-11-13-18-25)24-50-56(45,46)53-32-28(36)30(51-54(39,40)41)27(35)31(29(32)37)52-55(42,43)44;;;;/h11-13,17-18,26-32,35-37H,2-10,14-16,19-24H2,1H3,(H,34,38)(H,45,46)(H2,39,40,41)(H2,42,43,44);;;;/q;4*+1/p-4/t26-,27-,28-,29-,30-,31+,32-;;;;/m1..../s1. The molecule has 0 bridgehead atoms. The van der Waals surface area contributed by atoms with Gasteiger partial charge in [0.15, 0.2) is 0 Å². The predicted octanol–water partition coefficient (Wildman–Crippen LogP) is -11.3. The number of unbranched alkanes of at least 4 members (excludes halogenated alkanes) is 10. The summed E-state index contributed by atoms with van der Waals surface area (Å²) in [7, 11) is -17.1. The largest absolute Gasteiger partial charge is 1.00 e. The molecular formula is C33H56NNa4O19P3. The third kappa shape index (κ3) is 30.8. The molecule has 27 heteroatoms. The van der Waals surface area contributed by atoms with E-state index in [2.05, 4.69) is 21.0 Å². The number of nitrogens with zero attached hydrogens (tertiary/aromatic N) is 1. The Labute approximate surface area is 440 Å². The SMILES string of the molecule is CCCCCCCCO[C@H](COCCCCCCCCN=C([O-])OCc1ccccc1)COP(=O)(O)O[C@@H]1[C@H](O)[C@H](OP(=O)([O-])[O-])[C@@H](O)[C@H](OP(=O)([O-])O)[C@H]1O.[Na+].[Na+].[Na+].[Na+]. The third-order valence-corrected chi connectivity index (χ3v) is 10.5. The molecule has 1 aromatic rings. The van der Waals surface area contributed by atoms with Crippen LogP contribution in [0.4, 0.5) is 0 Å². The Hall–Kier alpha value is 2.62. The monoisotopic (exact) mass is 955 g/mol. The minimum absolute atomic E-state index is 0. The molecule has 0 radical (unpaired) electrons. The number of hydrogen-bond acceptors (Lipinski definition) is 18. The van der Waals surface area contributed by atoms with Crippen molar-refractivity contribution < 1.29 is 209 Å². The van der Waals surface area contributed by atoms with Gasteiger partial charge in [-0.15, -0.1) is 0 Å². The molecule has 0 spiro atoms. The second-order valence-corrected chi connectivity index (χ2v) is 16.9. The van der Waals surface area contributed by atoms with Crippen LogP contribution in [0.5, 0.6) is 0 Å². The maximum Gasteiger partial charge on any atom is 1.00 e. The molecule has 1 aromatic carbocycles. The Morgan fingerprint density at radius 3 is 1.75 bits per heavy atom. The Morgan fingerprint density at radius 1 is 0.700 bits per heavy atom. The molecule has 1 saturated carbocycles. The van der Waals surface area contributed by atoms with Crippen molar-refractivity contribution in [2.75, 3.05) is 33.0 Å². The van der Waals surface area contributed by atoms with Crippen LogP contribution >= 0.6 is 23.5 Å². The zero-order valence-corrected chi connectivity index (χ0v) is 46.1. The number of aliphatic imine (C=N–C) groups is 1. The summed E-state index contributed by atoms with van der Waals surface area (Å²) in [6.45, 7) is 2.55. The summed E-state index contributed by atoms with van der Waals surface area (Å²) >= 11 is 0. The van der Waals surface area contributed by atoms with Crippen LogP contribution in [-0.4, -0.2) is 107 Å². The molecule has 2 unspecified atom stereocenters. The van der Waals surface area contributed by atoms with Gasteiger partial charge in [-0.05, 0) is 24.8 Å². The minimum Gasteiger partial charge on any atom is -0.790 e. The fourth-order valence-corrected chi connectivity index (χ4v) is 7.73. The van der Waals surface area contributed by atoms with Gasteiger partial charge < -0.3 is 72.7 Å². The predicted molar refractivity (Wildman–Crippen MR) is 191 cm³/mol. The number of phosphoric ester groups is 3. The molecule has 5 N–H and O–H groups in total. The molecule has 9 atom stereocenters. The molecule has 0 aromatic heterocycles. The van der Waals surface area contributed by atoms with E-state index in [1.165, 1.54) is 0 Å². The van der Waals surface area contributed by atoms with Crippen LogP contribution in [0.25, 0.3) is 0 Å².